The van der Waals surface area contributed by atoms with Gasteiger partial charge in [0.25, 0.3) is 0 Å². The van der Waals surface area contributed by atoms with Gasteiger partial charge in [0.2, 0.25) is 5.91 Å². The highest BCUT2D eigenvalue weighted by molar-refractivity contribution is 5.76. The Morgan fingerprint density at radius 3 is 2.67 bits per heavy atom. The zero-order valence-corrected chi connectivity index (χ0v) is 19.2. The number of alkyl halides is 3. The lowest BCUT2D eigenvalue weighted by Crippen LogP contribution is -2.51. The maximum atomic E-state index is 13.5. The van der Waals surface area contributed by atoms with Gasteiger partial charge >= 0.3 is 6.18 Å². The van der Waals surface area contributed by atoms with Gasteiger partial charge in [-0.05, 0) is 43.4 Å². The Balaban J connectivity index is 1.50. The SMILES string of the molecule is COC[C@@]12CCN(C(=O)CC3CCCCC3)C[C@@H]1CN(c1ccc(C#N)c(C(F)(F)F)c1)C2. The summed E-state index contributed by atoms with van der Waals surface area (Å²) in [6.07, 6.45) is 2.74. The van der Waals surface area contributed by atoms with Crippen LogP contribution in [0.3, 0.4) is 0 Å². The summed E-state index contributed by atoms with van der Waals surface area (Å²) in [5.74, 6) is 0.826. The molecule has 8 heteroatoms. The standard InChI is InChI=1S/C25H32F3N3O2/c1-33-17-24-9-10-30(23(32)11-18-5-3-2-4-6-18)14-20(24)15-31(16-24)21-8-7-19(13-29)22(12-21)25(26,27)28/h7-8,12,18,20H,2-6,9-11,14-17H2,1H3/t20-,24+/m1/s1. The minimum atomic E-state index is -4.58. The number of carbonyl (C=O) groups is 1. The third-order valence-electron chi connectivity index (χ3n) is 7.90. The Kier molecular flexibility index (Phi) is 6.90. The number of nitriles is 1. The predicted octanol–water partition coefficient (Wildman–Crippen LogP) is 4.85. The van der Waals surface area contributed by atoms with Crippen LogP contribution in [0.1, 0.15) is 56.1 Å². The molecule has 3 fully saturated rings. The quantitative estimate of drug-likeness (QED) is 0.627. The van der Waals surface area contributed by atoms with Crippen LogP contribution in [0.5, 0.6) is 0 Å². The van der Waals surface area contributed by atoms with E-state index < -0.39 is 11.7 Å². The monoisotopic (exact) mass is 463 g/mol. The van der Waals surface area contributed by atoms with Crippen LogP contribution < -0.4 is 4.90 Å². The Labute approximate surface area is 193 Å². The summed E-state index contributed by atoms with van der Waals surface area (Å²) in [6.45, 7) is 2.95. The van der Waals surface area contributed by atoms with Crippen LogP contribution in [-0.2, 0) is 15.7 Å². The molecule has 2 aliphatic heterocycles. The molecule has 1 aromatic rings. The van der Waals surface area contributed by atoms with E-state index in [1.54, 1.807) is 19.2 Å². The van der Waals surface area contributed by atoms with Crippen molar-refractivity contribution in [2.24, 2.45) is 17.3 Å². The fourth-order valence-corrected chi connectivity index (χ4v) is 6.06. The number of piperidine rings is 1. The van der Waals surface area contributed by atoms with E-state index >= 15 is 0 Å². The molecule has 4 rings (SSSR count). The van der Waals surface area contributed by atoms with Gasteiger partial charge in [0.05, 0.1) is 23.8 Å². The lowest BCUT2D eigenvalue weighted by molar-refractivity contribution is -0.138. The summed E-state index contributed by atoms with van der Waals surface area (Å²) >= 11 is 0. The van der Waals surface area contributed by atoms with E-state index in [9.17, 15) is 18.0 Å². The minimum absolute atomic E-state index is 0.131. The van der Waals surface area contributed by atoms with Gasteiger partial charge < -0.3 is 14.5 Å². The fraction of sp³-hybridized carbons (Fsp3) is 0.680. The highest BCUT2D eigenvalue weighted by Gasteiger charge is 2.50. The number of fused-ring (bicyclic) bond motifs is 1. The van der Waals surface area contributed by atoms with Crippen molar-refractivity contribution in [3.63, 3.8) is 0 Å². The van der Waals surface area contributed by atoms with Gasteiger partial charge in [-0.25, -0.2) is 0 Å². The Morgan fingerprint density at radius 1 is 1.24 bits per heavy atom. The number of nitrogens with zero attached hydrogens (tertiary/aromatic N) is 3. The molecule has 0 aromatic heterocycles. The second-order valence-corrected chi connectivity index (χ2v) is 10.0. The molecule has 3 aliphatic rings. The fourth-order valence-electron chi connectivity index (χ4n) is 6.06. The molecule has 33 heavy (non-hydrogen) atoms. The molecular weight excluding hydrogens is 431 g/mol. The summed E-state index contributed by atoms with van der Waals surface area (Å²) in [7, 11) is 1.65. The molecule has 0 N–H and O–H groups in total. The number of rotatable bonds is 5. The van der Waals surface area contributed by atoms with Crippen molar-refractivity contribution in [3.05, 3.63) is 29.3 Å². The molecule has 2 heterocycles. The van der Waals surface area contributed by atoms with E-state index in [-0.39, 0.29) is 22.8 Å². The number of benzene rings is 1. The van der Waals surface area contributed by atoms with Gasteiger partial charge in [0.1, 0.15) is 0 Å². The number of hydrogen-bond acceptors (Lipinski definition) is 4. The molecule has 180 valence electrons. The number of likely N-dealkylation sites (tertiary alicyclic amines) is 1. The molecule has 1 amide bonds. The largest absolute Gasteiger partial charge is 0.417 e. The molecule has 1 saturated carbocycles. The number of halogens is 3. The van der Waals surface area contributed by atoms with Crippen LogP contribution >= 0.6 is 0 Å². The Morgan fingerprint density at radius 2 is 2.00 bits per heavy atom. The average Bonchev–Trinajstić information content (AvgIpc) is 3.17. The van der Waals surface area contributed by atoms with Crippen LogP contribution in [0.2, 0.25) is 0 Å². The van der Waals surface area contributed by atoms with Crippen molar-refractivity contribution in [2.75, 3.05) is 44.8 Å². The van der Waals surface area contributed by atoms with E-state index in [0.29, 0.717) is 50.8 Å². The van der Waals surface area contributed by atoms with Gasteiger partial charge in [-0.15, -0.1) is 0 Å². The lowest BCUT2D eigenvalue weighted by atomic mass is 9.73. The molecule has 5 nitrogen and oxygen atoms in total. The number of methoxy groups -OCH3 is 1. The molecule has 2 atom stereocenters. The smallest absolute Gasteiger partial charge is 0.384 e. The van der Waals surface area contributed by atoms with Crippen LogP contribution in [0.25, 0.3) is 0 Å². The zero-order valence-electron chi connectivity index (χ0n) is 19.2. The Bertz CT molecular complexity index is 907. The number of carbonyl (C=O) groups excluding carboxylic acids is 1. The number of amides is 1. The molecular formula is C25H32F3N3O2. The Hall–Kier alpha value is -2.27. The maximum absolute atomic E-state index is 13.5. The van der Waals surface area contributed by atoms with E-state index in [1.807, 2.05) is 9.80 Å². The summed E-state index contributed by atoms with van der Waals surface area (Å²) in [6, 6.07) is 5.58. The third kappa shape index (κ3) is 4.98. The van der Waals surface area contributed by atoms with Gasteiger partial charge in [0.15, 0.2) is 0 Å². The molecule has 2 saturated heterocycles. The predicted molar refractivity (Wildman–Crippen MR) is 119 cm³/mol. The summed E-state index contributed by atoms with van der Waals surface area (Å²) in [5, 5.41) is 9.10. The first-order valence-electron chi connectivity index (χ1n) is 11.9. The summed E-state index contributed by atoms with van der Waals surface area (Å²) in [5.41, 5.74) is -0.995. The lowest BCUT2D eigenvalue weighted by Gasteiger charge is -2.43. The van der Waals surface area contributed by atoms with Crippen LogP contribution in [0, 0.1) is 28.6 Å². The van der Waals surface area contributed by atoms with Crippen molar-refractivity contribution in [1.82, 2.24) is 4.90 Å². The van der Waals surface area contributed by atoms with Gasteiger partial charge in [-0.2, -0.15) is 18.4 Å². The molecule has 0 radical (unpaired) electrons. The van der Waals surface area contributed by atoms with Crippen molar-refractivity contribution in [3.8, 4) is 6.07 Å². The first kappa shape index (κ1) is 23.9. The summed E-state index contributed by atoms with van der Waals surface area (Å²) < 4.78 is 46.0. The first-order valence-corrected chi connectivity index (χ1v) is 11.9. The molecule has 1 aromatic carbocycles. The van der Waals surface area contributed by atoms with E-state index in [2.05, 4.69) is 0 Å². The van der Waals surface area contributed by atoms with Crippen molar-refractivity contribution >= 4 is 11.6 Å². The minimum Gasteiger partial charge on any atom is -0.384 e. The summed E-state index contributed by atoms with van der Waals surface area (Å²) in [4.78, 5) is 17.0. The van der Waals surface area contributed by atoms with Crippen molar-refractivity contribution in [2.45, 2.75) is 51.1 Å². The zero-order chi connectivity index (χ0) is 23.6. The van der Waals surface area contributed by atoms with Crippen molar-refractivity contribution in [1.29, 1.82) is 5.26 Å². The van der Waals surface area contributed by atoms with E-state index in [1.165, 1.54) is 25.3 Å². The average molecular weight is 464 g/mol. The van der Waals surface area contributed by atoms with Gasteiger partial charge in [0, 0.05) is 56.7 Å². The number of ether oxygens (including phenoxy) is 1. The third-order valence-corrected chi connectivity index (χ3v) is 7.90. The second kappa shape index (κ2) is 9.54. The molecule has 0 unspecified atom stereocenters. The van der Waals surface area contributed by atoms with Crippen LogP contribution in [-0.4, -0.2) is 50.7 Å². The first-order chi connectivity index (χ1) is 15.8. The number of anilines is 1. The topological polar surface area (TPSA) is 56.6 Å². The van der Waals surface area contributed by atoms with Gasteiger partial charge in [-0.3, -0.25) is 4.79 Å². The molecule has 0 spiro atoms. The normalized spacial score (nSPS) is 26.2. The van der Waals surface area contributed by atoms with Gasteiger partial charge in [-0.1, -0.05) is 19.3 Å². The highest BCUT2D eigenvalue weighted by Crippen LogP contribution is 2.46. The van der Waals surface area contributed by atoms with Crippen LogP contribution in [0.4, 0.5) is 18.9 Å². The maximum Gasteiger partial charge on any atom is 0.417 e. The molecule has 1 aliphatic carbocycles. The second-order valence-electron chi connectivity index (χ2n) is 10.0. The van der Waals surface area contributed by atoms with Crippen molar-refractivity contribution < 1.29 is 22.7 Å². The molecule has 0 bridgehead atoms. The van der Waals surface area contributed by atoms with E-state index in [4.69, 9.17) is 10.00 Å². The van der Waals surface area contributed by atoms with Crippen LogP contribution in [0.15, 0.2) is 18.2 Å². The highest BCUT2D eigenvalue weighted by atomic mass is 19.4. The van der Waals surface area contributed by atoms with E-state index in [0.717, 1.165) is 25.3 Å². The number of hydrogen-bond donors (Lipinski definition) is 0.